The van der Waals surface area contributed by atoms with Gasteiger partial charge in [-0.1, -0.05) is 0 Å². The van der Waals surface area contributed by atoms with Gasteiger partial charge in [-0.3, -0.25) is 4.68 Å². The highest BCUT2D eigenvalue weighted by Gasteiger charge is 2.04. The van der Waals surface area contributed by atoms with E-state index in [0.717, 1.165) is 5.82 Å². The van der Waals surface area contributed by atoms with Crippen LogP contribution in [0.4, 0.5) is 10.1 Å². The molecule has 2 aromatic rings. The summed E-state index contributed by atoms with van der Waals surface area (Å²) in [4.78, 5) is 4.06. The van der Waals surface area contributed by atoms with Gasteiger partial charge in [0.05, 0.1) is 13.7 Å². The van der Waals surface area contributed by atoms with Crippen molar-refractivity contribution in [2.75, 3.05) is 12.4 Å². The number of ether oxygens (including phenoxy) is 1. The number of nitrogens with one attached hydrogen (secondary N) is 1. The SMILES string of the molecule is COc1ccc(NCc2ncnn2C)cc1F. The highest BCUT2D eigenvalue weighted by atomic mass is 19.1. The standard InChI is InChI=1S/C11H13FN4O/c1-16-11(14-7-15-16)6-13-8-3-4-10(17-2)9(12)5-8/h3-5,7,13H,6H2,1-2H3. The van der Waals surface area contributed by atoms with Gasteiger partial charge in [-0.15, -0.1) is 0 Å². The topological polar surface area (TPSA) is 52.0 Å². The van der Waals surface area contributed by atoms with Crippen molar-refractivity contribution in [1.29, 1.82) is 0 Å². The third-order valence-electron chi connectivity index (χ3n) is 2.41. The normalized spacial score (nSPS) is 10.3. The van der Waals surface area contributed by atoms with Crippen molar-refractivity contribution in [2.24, 2.45) is 7.05 Å². The molecule has 17 heavy (non-hydrogen) atoms. The second kappa shape index (κ2) is 4.82. The Balaban J connectivity index is 2.05. The predicted octanol–water partition coefficient (Wildman–Crippen LogP) is 1.57. The van der Waals surface area contributed by atoms with Crippen molar-refractivity contribution in [2.45, 2.75) is 6.54 Å². The van der Waals surface area contributed by atoms with Crippen LogP contribution >= 0.6 is 0 Å². The molecule has 1 heterocycles. The molecule has 0 amide bonds. The summed E-state index contributed by atoms with van der Waals surface area (Å²) in [6.07, 6.45) is 1.48. The van der Waals surface area contributed by atoms with Crippen LogP contribution in [-0.4, -0.2) is 21.9 Å². The Hall–Kier alpha value is -2.11. The minimum Gasteiger partial charge on any atom is -0.494 e. The molecular formula is C11H13FN4O. The largest absolute Gasteiger partial charge is 0.494 e. The quantitative estimate of drug-likeness (QED) is 0.875. The first-order chi connectivity index (χ1) is 8.20. The highest BCUT2D eigenvalue weighted by molar-refractivity contribution is 5.47. The van der Waals surface area contributed by atoms with E-state index in [2.05, 4.69) is 15.4 Å². The molecule has 1 N–H and O–H groups in total. The Kier molecular flexibility index (Phi) is 3.22. The zero-order chi connectivity index (χ0) is 12.3. The van der Waals surface area contributed by atoms with E-state index in [-0.39, 0.29) is 5.75 Å². The lowest BCUT2D eigenvalue weighted by molar-refractivity contribution is 0.386. The van der Waals surface area contributed by atoms with Crippen molar-refractivity contribution in [3.05, 3.63) is 36.2 Å². The first-order valence-corrected chi connectivity index (χ1v) is 5.11. The summed E-state index contributed by atoms with van der Waals surface area (Å²) in [6, 6.07) is 4.71. The molecule has 0 aliphatic rings. The lowest BCUT2D eigenvalue weighted by atomic mass is 10.3. The molecule has 0 unspecified atom stereocenters. The second-order valence-electron chi connectivity index (χ2n) is 3.50. The smallest absolute Gasteiger partial charge is 0.167 e. The van der Waals surface area contributed by atoms with Crippen molar-refractivity contribution in [1.82, 2.24) is 14.8 Å². The Morgan fingerprint density at radius 2 is 2.29 bits per heavy atom. The van der Waals surface area contributed by atoms with E-state index < -0.39 is 5.82 Å². The molecule has 6 heteroatoms. The van der Waals surface area contributed by atoms with E-state index in [1.54, 1.807) is 23.9 Å². The number of rotatable bonds is 4. The maximum atomic E-state index is 13.4. The average Bonchev–Trinajstić information content (AvgIpc) is 2.72. The predicted molar refractivity (Wildman–Crippen MR) is 61.3 cm³/mol. The molecule has 0 fully saturated rings. The number of aromatic nitrogens is 3. The number of methoxy groups -OCH3 is 1. The van der Waals surface area contributed by atoms with Crippen LogP contribution in [0, 0.1) is 5.82 Å². The van der Waals surface area contributed by atoms with E-state index in [0.29, 0.717) is 12.2 Å². The molecular weight excluding hydrogens is 223 g/mol. The van der Waals surface area contributed by atoms with Crippen LogP contribution in [0.5, 0.6) is 5.75 Å². The molecule has 0 saturated carbocycles. The molecule has 0 bridgehead atoms. The summed E-state index contributed by atoms with van der Waals surface area (Å²) in [6.45, 7) is 0.488. The van der Waals surface area contributed by atoms with Crippen molar-refractivity contribution in [3.63, 3.8) is 0 Å². The van der Waals surface area contributed by atoms with Crippen molar-refractivity contribution < 1.29 is 9.13 Å². The summed E-state index contributed by atoms with van der Waals surface area (Å²) in [5, 5.41) is 7.01. The molecule has 2 rings (SSSR count). The van der Waals surface area contributed by atoms with Crippen LogP contribution in [0.25, 0.3) is 0 Å². The van der Waals surface area contributed by atoms with E-state index in [9.17, 15) is 4.39 Å². The van der Waals surface area contributed by atoms with Crippen LogP contribution in [0.3, 0.4) is 0 Å². The summed E-state index contributed by atoms with van der Waals surface area (Å²) in [5.74, 6) is 0.617. The van der Waals surface area contributed by atoms with Gasteiger partial charge < -0.3 is 10.1 Å². The fraction of sp³-hybridized carbons (Fsp3) is 0.273. The molecule has 5 nitrogen and oxygen atoms in total. The van der Waals surface area contributed by atoms with E-state index in [4.69, 9.17) is 4.74 Å². The molecule has 0 atom stereocenters. The third-order valence-corrected chi connectivity index (χ3v) is 2.41. The molecule has 1 aromatic heterocycles. The number of hydrogen-bond acceptors (Lipinski definition) is 4. The lowest BCUT2D eigenvalue weighted by Gasteiger charge is -2.07. The number of halogens is 1. The molecule has 1 aromatic carbocycles. The lowest BCUT2D eigenvalue weighted by Crippen LogP contribution is -2.07. The molecule has 0 aliphatic heterocycles. The Morgan fingerprint density at radius 1 is 1.47 bits per heavy atom. The van der Waals surface area contributed by atoms with Gasteiger partial charge in [0.25, 0.3) is 0 Å². The van der Waals surface area contributed by atoms with E-state index in [1.807, 2.05) is 0 Å². The minimum atomic E-state index is -0.393. The number of aryl methyl sites for hydroxylation is 1. The Labute approximate surface area is 98.2 Å². The number of benzene rings is 1. The fourth-order valence-corrected chi connectivity index (χ4v) is 1.44. The second-order valence-corrected chi connectivity index (χ2v) is 3.50. The van der Waals surface area contributed by atoms with Crippen molar-refractivity contribution >= 4 is 5.69 Å². The van der Waals surface area contributed by atoms with Crippen LogP contribution in [0.1, 0.15) is 5.82 Å². The van der Waals surface area contributed by atoms with E-state index >= 15 is 0 Å². The molecule has 0 aliphatic carbocycles. The van der Waals surface area contributed by atoms with Crippen LogP contribution < -0.4 is 10.1 Å². The van der Waals surface area contributed by atoms with Gasteiger partial charge in [-0.05, 0) is 12.1 Å². The molecule has 0 saturated heterocycles. The van der Waals surface area contributed by atoms with Gasteiger partial charge in [-0.2, -0.15) is 5.10 Å². The van der Waals surface area contributed by atoms with Gasteiger partial charge in [0.2, 0.25) is 0 Å². The number of hydrogen-bond donors (Lipinski definition) is 1. The zero-order valence-corrected chi connectivity index (χ0v) is 9.64. The van der Waals surface area contributed by atoms with Gasteiger partial charge >= 0.3 is 0 Å². The number of anilines is 1. The summed E-state index contributed by atoms with van der Waals surface area (Å²) < 4.78 is 19.9. The van der Waals surface area contributed by atoms with E-state index in [1.165, 1.54) is 19.5 Å². The molecule has 0 spiro atoms. The highest BCUT2D eigenvalue weighted by Crippen LogP contribution is 2.20. The first-order valence-electron chi connectivity index (χ1n) is 5.11. The summed E-state index contributed by atoms with van der Waals surface area (Å²) in [7, 11) is 3.24. The van der Waals surface area contributed by atoms with Crippen molar-refractivity contribution in [3.8, 4) is 5.75 Å². The maximum Gasteiger partial charge on any atom is 0.167 e. The number of nitrogens with zero attached hydrogens (tertiary/aromatic N) is 3. The third kappa shape index (κ3) is 2.52. The van der Waals surface area contributed by atoms with Gasteiger partial charge in [0.15, 0.2) is 11.6 Å². The molecule has 90 valence electrons. The zero-order valence-electron chi connectivity index (χ0n) is 9.64. The average molecular weight is 236 g/mol. The Morgan fingerprint density at radius 3 is 2.88 bits per heavy atom. The molecule has 0 radical (unpaired) electrons. The van der Waals surface area contributed by atoms with Gasteiger partial charge in [0, 0.05) is 18.8 Å². The summed E-state index contributed by atoms with van der Waals surface area (Å²) in [5.41, 5.74) is 0.673. The first kappa shape index (κ1) is 11.4. The minimum absolute atomic E-state index is 0.231. The van der Waals surface area contributed by atoms with Gasteiger partial charge in [0.1, 0.15) is 12.2 Å². The fourth-order valence-electron chi connectivity index (χ4n) is 1.44. The van der Waals surface area contributed by atoms with Crippen LogP contribution in [0.15, 0.2) is 24.5 Å². The van der Waals surface area contributed by atoms with Crippen LogP contribution in [0.2, 0.25) is 0 Å². The monoisotopic (exact) mass is 236 g/mol. The maximum absolute atomic E-state index is 13.4. The summed E-state index contributed by atoms with van der Waals surface area (Å²) >= 11 is 0. The Bertz CT molecular complexity index is 512. The van der Waals surface area contributed by atoms with Crippen LogP contribution in [-0.2, 0) is 13.6 Å². The van der Waals surface area contributed by atoms with Gasteiger partial charge in [-0.25, -0.2) is 9.37 Å².